The first-order chi connectivity index (χ1) is 15.5. The summed E-state index contributed by atoms with van der Waals surface area (Å²) in [6, 6.07) is 14.5. The van der Waals surface area contributed by atoms with E-state index in [0.717, 1.165) is 11.1 Å². The summed E-state index contributed by atoms with van der Waals surface area (Å²) in [5.41, 5.74) is 3.68. The van der Waals surface area contributed by atoms with Gasteiger partial charge in [0.2, 0.25) is 5.91 Å². The van der Waals surface area contributed by atoms with Crippen LogP contribution < -0.4 is 20.3 Å². The number of nitrogens with zero attached hydrogens (tertiary/aromatic N) is 3. The number of hydrogen-bond acceptors (Lipinski definition) is 5. The molecule has 4 aromatic rings. The molecule has 8 heteroatoms. The number of hydrogen-bond donors (Lipinski definition) is 1. The predicted molar refractivity (Wildman–Crippen MR) is 121 cm³/mol. The van der Waals surface area contributed by atoms with E-state index in [1.807, 2.05) is 32.0 Å². The van der Waals surface area contributed by atoms with Crippen LogP contribution in [0.3, 0.4) is 0 Å². The van der Waals surface area contributed by atoms with Crippen LogP contribution in [0.5, 0.6) is 11.5 Å². The van der Waals surface area contributed by atoms with Crippen molar-refractivity contribution in [2.45, 2.75) is 20.4 Å². The zero-order valence-electron chi connectivity index (χ0n) is 17.8. The van der Waals surface area contributed by atoms with Gasteiger partial charge < -0.3 is 14.8 Å². The second kappa shape index (κ2) is 7.88. The summed E-state index contributed by atoms with van der Waals surface area (Å²) >= 11 is 0. The summed E-state index contributed by atoms with van der Waals surface area (Å²) < 4.78 is 14.2. The van der Waals surface area contributed by atoms with Crippen LogP contribution in [0.1, 0.15) is 11.1 Å². The first kappa shape index (κ1) is 19.9. The van der Waals surface area contributed by atoms with Crippen LogP contribution in [0.15, 0.2) is 59.5 Å². The van der Waals surface area contributed by atoms with E-state index in [4.69, 9.17) is 9.47 Å². The Morgan fingerprint density at radius 3 is 2.66 bits per heavy atom. The number of anilines is 1. The predicted octanol–water partition coefficient (Wildman–Crippen LogP) is 3.21. The van der Waals surface area contributed by atoms with Crippen LogP contribution >= 0.6 is 0 Å². The van der Waals surface area contributed by atoms with Gasteiger partial charge in [-0.2, -0.15) is 0 Å². The number of rotatable bonds is 4. The number of ether oxygens (including phenoxy) is 2. The maximum atomic E-state index is 13.2. The summed E-state index contributed by atoms with van der Waals surface area (Å²) in [5, 5.41) is 3.33. The first-order valence-corrected chi connectivity index (χ1v) is 10.3. The molecular formula is C24H22N4O4. The van der Waals surface area contributed by atoms with Crippen LogP contribution in [0.4, 0.5) is 5.69 Å². The van der Waals surface area contributed by atoms with Crippen molar-refractivity contribution in [1.29, 1.82) is 0 Å². The summed E-state index contributed by atoms with van der Waals surface area (Å²) in [6.45, 7) is 4.89. The Balaban J connectivity index is 1.51. The molecule has 0 unspecified atom stereocenters. The van der Waals surface area contributed by atoms with E-state index in [2.05, 4.69) is 10.3 Å². The molecule has 1 N–H and O–H groups in total. The lowest BCUT2D eigenvalue weighted by Gasteiger charge is -2.19. The highest BCUT2D eigenvalue weighted by Gasteiger charge is 2.19. The number of carbonyl (C=O) groups excluding carboxylic acids is 1. The third kappa shape index (κ3) is 3.49. The van der Waals surface area contributed by atoms with Crippen molar-refractivity contribution < 1.29 is 14.3 Å². The van der Waals surface area contributed by atoms with E-state index >= 15 is 0 Å². The Morgan fingerprint density at radius 2 is 1.84 bits per heavy atom. The largest absolute Gasteiger partial charge is 0.486 e. The minimum atomic E-state index is -0.290. The number of carbonyl (C=O) groups is 1. The molecule has 32 heavy (non-hydrogen) atoms. The molecule has 0 saturated carbocycles. The van der Waals surface area contributed by atoms with Gasteiger partial charge in [-0.1, -0.05) is 6.07 Å². The molecule has 1 amide bonds. The van der Waals surface area contributed by atoms with Crippen LogP contribution in [-0.4, -0.2) is 33.5 Å². The van der Waals surface area contributed by atoms with Crippen molar-refractivity contribution in [3.05, 3.63) is 76.2 Å². The summed E-state index contributed by atoms with van der Waals surface area (Å²) in [5.74, 6) is 0.953. The van der Waals surface area contributed by atoms with E-state index in [-0.39, 0.29) is 18.0 Å². The van der Waals surface area contributed by atoms with Gasteiger partial charge in [0.1, 0.15) is 19.8 Å². The lowest BCUT2D eigenvalue weighted by Crippen LogP contribution is -2.27. The molecule has 1 aliphatic heterocycles. The first-order valence-electron chi connectivity index (χ1n) is 10.3. The second-order valence-corrected chi connectivity index (χ2v) is 7.72. The lowest BCUT2D eigenvalue weighted by molar-refractivity contribution is -0.116. The number of fused-ring (bicyclic) bond motifs is 2. The third-order valence-corrected chi connectivity index (χ3v) is 5.55. The van der Waals surface area contributed by atoms with Crippen molar-refractivity contribution in [3.63, 3.8) is 0 Å². The zero-order chi connectivity index (χ0) is 22.2. The Bertz CT molecular complexity index is 1400. The average Bonchev–Trinajstić information content (AvgIpc) is 3.07. The van der Waals surface area contributed by atoms with Crippen LogP contribution in [0.2, 0.25) is 0 Å². The molecule has 162 valence electrons. The minimum Gasteiger partial charge on any atom is -0.486 e. The molecule has 0 aliphatic carbocycles. The molecule has 0 bridgehead atoms. The molecule has 2 aromatic heterocycles. The SMILES string of the molecule is Cc1ccc(-n2c(=O)c3cccnc3n2CC(=O)Nc2ccc3c(c2)OCCO3)cc1C. The van der Waals surface area contributed by atoms with E-state index in [1.54, 1.807) is 41.2 Å². The van der Waals surface area contributed by atoms with Crippen LogP contribution in [-0.2, 0) is 11.3 Å². The van der Waals surface area contributed by atoms with Crippen LogP contribution in [0, 0.1) is 13.8 Å². The number of aryl methyl sites for hydroxylation is 2. The van der Waals surface area contributed by atoms with Gasteiger partial charge in [0.25, 0.3) is 5.56 Å². The molecule has 0 fully saturated rings. The third-order valence-electron chi connectivity index (χ3n) is 5.55. The highest BCUT2D eigenvalue weighted by molar-refractivity contribution is 5.91. The van der Waals surface area contributed by atoms with Crippen molar-refractivity contribution in [3.8, 4) is 17.2 Å². The molecule has 0 saturated heterocycles. The van der Waals surface area contributed by atoms with Crippen molar-refractivity contribution in [1.82, 2.24) is 14.3 Å². The van der Waals surface area contributed by atoms with Gasteiger partial charge >= 0.3 is 0 Å². The van der Waals surface area contributed by atoms with Crippen molar-refractivity contribution in [2.75, 3.05) is 18.5 Å². The quantitative estimate of drug-likeness (QED) is 0.537. The zero-order valence-corrected chi connectivity index (χ0v) is 17.8. The van der Waals surface area contributed by atoms with Crippen molar-refractivity contribution >= 4 is 22.6 Å². The topological polar surface area (TPSA) is 87.4 Å². The standard InChI is InChI=1S/C24H22N4O4/c1-15-5-7-18(12-16(15)2)28-24(30)19-4-3-9-25-23(19)27(28)14-22(29)26-17-6-8-20-21(13-17)32-11-10-31-20/h3-9,12-13H,10-11,14H2,1-2H3,(H,26,29). The van der Waals surface area contributed by atoms with E-state index < -0.39 is 0 Å². The number of benzene rings is 2. The Labute approximate surface area is 184 Å². The summed E-state index contributed by atoms with van der Waals surface area (Å²) in [7, 11) is 0. The van der Waals surface area contributed by atoms with Gasteiger partial charge in [0.05, 0.1) is 11.1 Å². The number of pyridine rings is 1. The van der Waals surface area contributed by atoms with E-state index in [9.17, 15) is 9.59 Å². The van der Waals surface area contributed by atoms with Gasteiger partial charge in [-0.25, -0.2) is 9.67 Å². The molecule has 5 rings (SSSR count). The smallest absolute Gasteiger partial charge is 0.280 e. The fourth-order valence-corrected chi connectivity index (χ4v) is 3.81. The highest BCUT2D eigenvalue weighted by Crippen LogP contribution is 2.32. The number of nitrogens with one attached hydrogen (secondary N) is 1. The average molecular weight is 430 g/mol. The maximum Gasteiger partial charge on any atom is 0.280 e. The number of amides is 1. The molecule has 1 aliphatic rings. The summed E-state index contributed by atoms with van der Waals surface area (Å²) in [6.07, 6.45) is 1.61. The van der Waals surface area contributed by atoms with Gasteiger partial charge in [0.15, 0.2) is 17.1 Å². The van der Waals surface area contributed by atoms with E-state index in [0.29, 0.717) is 47.1 Å². The molecule has 0 atom stereocenters. The van der Waals surface area contributed by atoms with Gasteiger partial charge in [-0.05, 0) is 61.4 Å². The molecule has 2 aromatic carbocycles. The van der Waals surface area contributed by atoms with E-state index in [1.165, 1.54) is 4.68 Å². The van der Waals surface area contributed by atoms with Gasteiger partial charge in [0, 0.05) is 18.0 Å². The molecular weight excluding hydrogens is 408 g/mol. The summed E-state index contributed by atoms with van der Waals surface area (Å²) in [4.78, 5) is 30.5. The monoisotopic (exact) mass is 430 g/mol. The fourth-order valence-electron chi connectivity index (χ4n) is 3.81. The Morgan fingerprint density at radius 1 is 1.03 bits per heavy atom. The number of aromatic nitrogens is 3. The maximum absolute atomic E-state index is 13.2. The molecule has 3 heterocycles. The Kier molecular flexibility index (Phi) is 4.89. The molecule has 8 nitrogen and oxygen atoms in total. The molecule has 0 radical (unpaired) electrons. The second-order valence-electron chi connectivity index (χ2n) is 7.72. The van der Waals surface area contributed by atoms with Gasteiger partial charge in [-0.3, -0.25) is 14.3 Å². The molecule has 0 spiro atoms. The lowest BCUT2D eigenvalue weighted by atomic mass is 10.1. The fraction of sp³-hybridized carbons (Fsp3) is 0.208. The minimum absolute atomic E-state index is 0.0862. The highest BCUT2D eigenvalue weighted by atomic mass is 16.6. The van der Waals surface area contributed by atoms with Crippen molar-refractivity contribution in [2.24, 2.45) is 0 Å². The Hall–Kier alpha value is -4.07. The van der Waals surface area contributed by atoms with Gasteiger partial charge in [-0.15, -0.1) is 0 Å². The normalized spacial score (nSPS) is 12.7. The van der Waals surface area contributed by atoms with Crippen LogP contribution in [0.25, 0.3) is 16.7 Å².